The number of nitrogens with zero attached hydrogens (tertiary/aromatic N) is 1. The number of anilines is 2. The summed E-state index contributed by atoms with van der Waals surface area (Å²) in [6, 6.07) is 6.25. The van der Waals surface area contributed by atoms with Gasteiger partial charge in [-0.15, -0.1) is 0 Å². The number of halogens is 1. The van der Waals surface area contributed by atoms with Crippen LogP contribution in [0.5, 0.6) is 5.75 Å². The smallest absolute Gasteiger partial charge is 0.259 e. The second kappa shape index (κ2) is 11.2. The number of carbonyl (C=O) groups is 1. The Labute approximate surface area is 170 Å². The van der Waals surface area contributed by atoms with Crippen molar-refractivity contribution in [3.63, 3.8) is 0 Å². The number of unbranched alkanes of at least 4 members (excludes halogenated alkanes) is 1. The topological polar surface area (TPSA) is 86.5 Å². The summed E-state index contributed by atoms with van der Waals surface area (Å²) in [5.41, 5.74) is 7.52. The molecule has 156 valence electrons. The zero-order chi connectivity index (χ0) is 21.2. The number of ether oxygens (including phenoxy) is 2. The lowest BCUT2D eigenvalue weighted by Crippen LogP contribution is -2.17. The lowest BCUT2D eigenvalue weighted by molar-refractivity contribution is 0.102. The number of methoxy groups -OCH3 is 1. The van der Waals surface area contributed by atoms with E-state index in [1.165, 1.54) is 12.1 Å². The van der Waals surface area contributed by atoms with Crippen LogP contribution in [-0.2, 0) is 11.3 Å². The molecule has 1 aromatic heterocycles. The third-order valence-electron chi connectivity index (χ3n) is 4.26. The van der Waals surface area contributed by atoms with Gasteiger partial charge in [-0.3, -0.25) is 4.79 Å². The van der Waals surface area contributed by atoms with Crippen LogP contribution in [0.4, 0.5) is 15.9 Å². The number of nitrogen functional groups attached to an aromatic ring is 1. The molecule has 0 saturated carbocycles. The van der Waals surface area contributed by atoms with Crippen molar-refractivity contribution in [1.82, 2.24) is 4.98 Å². The Bertz CT molecular complexity index is 869. The van der Waals surface area contributed by atoms with Crippen molar-refractivity contribution in [2.75, 3.05) is 24.8 Å². The normalized spacial score (nSPS) is 11.0. The molecule has 0 aliphatic heterocycles. The molecular formula is C22H28FN3O3. The summed E-state index contributed by atoms with van der Waals surface area (Å²) in [5.74, 6) is -1.000. The molecule has 0 spiro atoms. The van der Waals surface area contributed by atoms with Crippen LogP contribution < -0.4 is 15.8 Å². The zero-order valence-corrected chi connectivity index (χ0v) is 17.1. The molecule has 29 heavy (non-hydrogen) atoms. The van der Waals surface area contributed by atoms with E-state index in [-0.39, 0.29) is 22.8 Å². The Kier molecular flexibility index (Phi) is 8.61. The molecule has 0 bridgehead atoms. The van der Waals surface area contributed by atoms with Gasteiger partial charge in [0.1, 0.15) is 5.82 Å². The molecule has 0 saturated heterocycles. The number of rotatable bonds is 10. The number of hydrogen-bond acceptors (Lipinski definition) is 5. The van der Waals surface area contributed by atoms with Crippen LogP contribution in [0, 0.1) is 12.7 Å². The minimum atomic E-state index is -0.621. The third-order valence-corrected chi connectivity index (χ3v) is 4.26. The van der Waals surface area contributed by atoms with E-state index in [0.29, 0.717) is 18.9 Å². The Morgan fingerprint density at radius 1 is 1.34 bits per heavy atom. The van der Waals surface area contributed by atoms with Crippen LogP contribution in [0.3, 0.4) is 0 Å². The summed E-state index contributed by atoms with van der Waals surface area (Å²) in [6.45, 7) is 4.56. The summed E-state index contributed by atoms with van der Waals surface area (Å²) >= 11 is 0. The van der Waals surface area contributed by atoms with E-state index in [1.807, 2.05) is 6.92 Å². The Hall–Kier alpha value is -2.93. The molecule has 1 amide bonds. The van der Waals surface area contributed by atoms with Gasteiger partial charge in [0.2, 0.25) is 0 Å². The number of aryl methyl sites for hydroxylation is 1. The summed E-state index contributed by atoms with van der Waals surface area (Å²) < 4.78 is 25.3. The number of amides is 1. The molecule has 0 radical (unpaired) electrons. The number of allylic oxidation sites excluding steroid dienone is 2. The first kappa shape index (κ1) is 22.4. The maximum absolute atomic E-state index is 14.7. The van der Waals surface area contributed by atoms with Crippen molar-refractivity contribution in [2.45, 2.75) is 39.7 Å². The zero-order valence-electron chi connectivity index (χ0n) is 17.1. The van der Waals surface area contributed by atoms with E-state index >= 15 is 0 Å². The van der Waals surface area contributed by atoms with E-state index in [1.54, 1.807) is 19.2 Å². The molecule has 0 atom stereocenters. The molecular weight excluding hydrogens is 373 g/mol. The van der Waals surface area contributed by atoms with Gasteiger partial charge in [-0.2, -0.15) is 0 Å². The largest absolute Gasteiger partial charge is 0.490 e. The summed E-state index contributed by atoms with van der Waals surface area (Å²) in [7, 11) is 1.55. The first-order valence-corrected chi connectivity index (χ1v) is 9.60. The van der Waals surface area contributed by atoms with Gasteiger partial charge in [0, 0.05) is 7.11 Å². The molecule has 7 heteroatoms. The van der Waals surface area contributed by atoms with Crippen molar-refractivity contribution in [3.8, 4) is 5.75 Å². The Morgan fingerprint density at radius 3 is 2.86 bits per heavy atom. The van der Waals surface area contributed by atoms with Crippen LogP contribution in [0.25, 0.3) is 0 Å². The average molecular weight is 401 g/mol. The standard InChI is InChI=1S/C22H28FN3O3/c1-4-5-6-7-8-12-29-19-11-9-10-17(20(19)23)26-22(27)16-13-15(2)18(14-28-3)25-21(16)24/h5-6,9-11,13H,4,7-8,12,14H2,1-3H3,(H2,24,25)(H,26,27). The number of nitrogens with one attached hydrogen (secondary N) is 1. The molecule has 2 rings (SSSR count). The van der Waals surface area contributed by atoms with E-state index in [0.717, 1.165) is 24.8 Å². The fourth-order valence-electron chi connectivity index (χ4n) is 2.71. The molecule has 2 aromatic rings. The van der Waals surface area contributed by atoms with E-state index in [4.69, 9.17) is 15.2 Å². The monoisotopic (exact) mass is 401 g/mol. The lowest BCUT2D eigenvalue weighted by Gasteiger charge is -2.13. The first-order chi connectivity index (χ1) is 14.0. The predicted octanol–water partition coefficient (Wildman–Crippen LogP) is 4.64. The first-order valence-electron chi connectivity index (χ1n) is 9.60. The fraction of sp³-hybridized carbons (Fsp3) is 0.364. The third kappa shape index (κ3) is 6.29. The second-order valence-electron chi connectivity index (χ2n) is 6.56. The summed E-state index contributed by atoms with van der Waals surface area (Å²) in [4.78, 5) is 16.8. The van der Waals surface area contributed by atoms with E-state index in [2.05, 4.69) is 29.4 Å². The van der Waals surface area contributed by atoms with Gasteiger partial charge >= 0.3 is 0 Å². The molecule has 3 N–H and O–H groups in total. The van der Waals surface area contributed by atoms with Crippen molar-refractivity contribution < 1.29 is 18.7 Å². The molecule has 1 aromatic carbocycles. The maximum atomic E-state index is 14.7. The number of hydrogen-bond donors (Lipinski definition) is 2. The number of nitrogens with two attached hydrogens (primary N) is 1. The SMILES string of the molecule is CCC=CCCCOc1cccc(NC(=O)c2cc(C)c(COC)nc2N)c1F. The van der Waals surface area contributed by atoms with Gasteiger partial charge in [0.05, 0.1) is 30.2 Å². The van der Waals surface area contributed by atoms with Gasteiger partial charge in [0.15, 0.2) is 11.6 Å². The quantitative estimate of drug-likeness (QED) is 0.448. The van der Waals surface area contributed by atoms with Crippen LogP contribution in [0.1, 0.15) is 47.8 Å². The predicted molar refractivity (Wildman–Crippen MR) is 113 cm³/mol. The lowest BCUT2D eigenvalue weighted by atomic mass is 10.1. The highest BCUT2D eigenvalue weighted by Crippen LogP contribution is 2.26. The van der Waals surface area contributed by atoms with E-state index in [9.17, 15) is 9.18 Å². The van der Waals surface area contributed by atoms with Crippen molar-refractivity contribution in [3.05, 3.63) is 59.1 Å². The van der Waals surface area contributed by atoms with Gasteiger partial charge < -0.3 is 20.5 Å². The Morgan fingerprint density at radius 2 is 2.14 bits per heavy atom. The fourth-order valence-corrected chi connectivity index (χ4v) is 2.71. The molecule has 0 aliphatic carbocycles. The maximum Gasteiger partial charge on any atom is 0.259 e. The van der Waals surface area contributed by atoms with E-state index < -0.39 is 11.7 Å². The van der Waals surface area contributed by atoms with Crippen LogP contribution >= 0.6 is 0 Å². The number of pyridine rings is 1. The van der Waals surface area contributed by atoms with Crippen LogP contribution in [0.2, 0.25) is 0 Å². The molecule has 0 fully saturated rings. The highest BCUT2D eigenvalue weighted by molar-refractivity contribution is 6.07. The molecule has 0 aliphatic rings. The average Bonchev–Trinajstić information content (AvgIpc) is 2.69. The van der Waals surface area contributed by atoms with Gasteiger partial charge in [-0.05, 0) is 49.9 Å². The number of benzene rings is 1. The summed E-state index contributed by atoms with van der Waals surface area (Å²) in [5, 5.41) is 2.55. The molecule has 6 nitrogen and oxygen atoms in total. The van der Waals surface area contributed by atoms with Gasteiger partial charge in [-0.1, -0.05) is 25.1 Å². The highest BCUT2D eigenvalue weighted by Gasteiger charge is 2.17. The van der Waals surface area contributed by atoms with Gasteiger partial charge in [-0.25, -0.2) is 9.37 Å². The minimum absolute atomic E-state index is 0.0244. The Balaban J connectivity index is 2.07. The highest BCUT2D eigenvalue weighted by atomic mass is 19.1. The molecule has 0 unspecified atom stereocenters. The van der Waals surface area contributed by atoms with Crippen molar-refractivity contribution in [2.24, 2.45) is 0 Å². The van der Waals surface area contributed by atoms with Crippen molar-refractivity contribution in [1.29, 1.82) is 0 Å². The van der Waals surface area contributed by atoms with Crippen LogP contribution in [0.15, 0.2) is 36.4 Å². The van der Waals surface area contributed by atoms with Crippen LogP contribution in [-0.4, -0.2) is 24.6 Å². The second-order valence-corrected chi connectivity index (χ2v) is 6.56. The van der Waals surface area contributed by atoms with Crippen molar-refractivity contribution >= 4 is 17.4 Å². The number of carbonyl (C=O) groups excluding carboxylic acids is 1. The molecule has 1 heterocycles. The summed E-state index contributed by atoms with van der Waals surface area (Å²) in [6.07, 6.45) is 6.81. The van der Waals surface area contributed by atoms with Gasteiger partial charge in [0.25, 0.3) is 5.91 Å². The minimum Gasteiger partial charge on any atom is -0.490 e. The number of aromatic nitrogens is 1.